The molecule has 1 aliphatic rings. The molecule has 0 spiro atoms. The van der Waals surface area contributed by atoms with Crippen molar-refractivity contribution in [3.8, 4) is 0 Å². The zero-order chi connectivity index (χ0) is 19.0. The summed E-state index contributed by atoms with van der Waals surface area (Å²) in [7, 11) is 0. The predicted molar refractivity (Wildman–Crippen MR) is 105 cm³/mol. The third-order valence-electron chi connectivity index (χ3n) is 3.90. The van der Waals surface area contributed by atoms with Crippen LogP contribution in [0, 0.1) is 6.92 Å². The Hall–Kier alpha value is -2.43. The van der Waals surface area contributed by atoms with Gasteiger partial charge in [0.2, 0.25) is 11.8 Å². The maximum Gasteiger partial charge on any atom is 0.249 e. The Kier molecular flexibility index (Phi) is 8.05. The number of hydrogen-bond donors (Lipinski definition) is 1. The van der Waals surface area contributed by atoms with E-state index >= 15 is 0 Å². The summed E-state index contributed by atoms with van der Waals surface area (Å²) in [5, 5.41) is 3.51. The summed E-state index contributed by atoms with van der Waals surface area (Å²) in [6.07, 6.45) is 2.59. The quantitative estimate of drug-likeness (QED) is 0.634. The van der Waals surface area contributed by atoms with Crippen LogP contribution in [0.5, 0.6) is 0 Å². The number of aromatic nitrogens is 1. The van der Waals surface area contributed by atoms with Gasteiger partial charge in [0.25, 0.3) is 0 Å². The molecule has 25 heavy (non-hydrogen) atoms. The largest absolute Gasteiger partial charge is 0.313 e. The van der Waals surface area contributed by atoms with E-state index in [1.807, 2.05) is 70.4 Å². The molecule has 0 saturated carbocycles. The SMILES string of the molecule is C/C=N\c1c(C)c2ccccc2n1C1CCC(=O)NC1=O.CC.CC. The molecule has 1 unspecified atom stereocenters. The summed E-state index contributed by atoms with van der Waals surface area (Å²) < 4.78 is 1.95. The van der Waals surface area contributed by atoms with E-state index in [0.29, 0.717) is 12.8 Å². The number of nitrogens with one attached hydrogen (secondary N) is 1. The highest BCUT2D eigenvalue weighted by atomic mass is 16.2. The number of hydrogen-bond acceptors (Lipinski definition) is 3. The smallest absolute Gasteiger partial charge is 0.249 e. The van der Waals surface area contributed by atoms with Gasteiger partial charge in [0.05, 0.1) is 5.52 Å². The van der Waals surface area contributed by atoms with Gasteiger partial charge < -0.3 is 4.57 Å². The number of aliphatic imine (C=N–C) groups is 1. The van der Waals surface area contributed by atoms with Crippen molar-refractivity contribution in [3.05, 3.63) is 29.8 Å². The van der Waals surface area contributed by atoms with Crippen molar-refractivity contribution in [2.75, 3.05) is 0 Å². The second-order valence-corrected chi connectivity index (χ2v) is 5.19. The van der Waals surface area contributed by atoms with Crippen LogP contribution in [0.4, 0.5) is 5.82 Å². The van der Waals surface area contributed by atoms with Crippen molar-refractivity contribution in [2.24, 2.45) is 4.99 Å². The Balaban J connectivity index is 0.000000730. The van der Waals surface area contributed by atoms with Crippen molar-refractivity contribution >= 4 is 34.7 Å². The second-order valence-electron chi connectivity index (χ2n) is 5.19. The van der Waals surface area contributed by atoms with Crippen LogP contribution in [-0.2, 0) is 9.59 Å². The number of carbonyl (C=O) groups is 2. The summed E-state index contributed by atoms with van der Waals surface area (Å²) >= 11 is 0. The molecule has 1 aliphatic heterocycles. The molecule has 0 aliphatic carbocycles. The van der Waals surface area contributed by atoms with Gasteiger partial charge in [0, 0.05) is 23.6 Å². The molecule has 1 atom stereocenters. The summed E-state index contributed by atoms with van der Waals surface area (Å²) in [6, 6.07) is 7.55. The van der Waals surface area contributed by atoms with Crippen LogP contribution in [0.2, 0.25) is 0 Å². The minimum Gasteiger partial charge on any atom is -0.313 e. The molecule has 1 fully saturated rings. The molecule has 1 aromatic heterocycles. The molecular weight excluding hydrogens is 314 g/mol. The van der Waals surface area contributed by atoms with Crippen LogP contribution >= 0.6 is 0 Å². The highest BCUT2D eigenvalue weighted by Crippen LogP contribution is 2.36. The summed E-state index contributed by atoms with van der Waals surface area (Å²) in [5.41, 5.74) is 2.03. The molecule has 2 aromatic rings. The Morgan fingerprint density at radius 3 is 2.40 bits per heavy atom. The van der Waals surface area contributed by atoms with Crippen molar-refractivity contribution in [3.63, 3.8) is 0 Å². The number of rotatable bonds is 2. The second kappa shape index (κ2) is 9.77. The van der Waals surface area contributed by atoms with E-state index in [1.54, 1.807) is 6.21 Å². The molecule has 1 saturated heterocycles. The topological polar surface area (TPSA) is 63.5 Å². The average Bonchev–Trinajstić information content (AvgIpc) is 2.92. The molecule has 1 N–H and O–H groups in total. The summed E-state index contributed by atoms with van der Waals surface area (Å²) in [6.45, 7) is 11.9. The molecule has 0 radical (unpaired) electrons. The van der Waals surface area contributed by atoms with E-state index in [1.165, 1.54) is 0 Å². The number of benzene rings is 1. The molecule has 136 valence electrons. The summed E-state index contributed by atoms with van der Waals surface area (Å²) in [5.74, 6) is 0.331. The lowest BCUT2D eigenvalue weighted by Crippen LogP contribution is -2.41. The molecule has 5 nitrogen and oxygen atoms in total. The molecule has 3 rings (SSSR count). The number of amides is 2. The number of aryl methyl sites for hydroxylation is 1. The van der Waals surface area contributed by atoms with E-state index in [4.69, 9.17) is 0 Å². The fraction of sp³-hybridized carbons (Fsp3) is 0.450. The number of nitrogens with zero attached hydrogens (tertiary/aromatic N) is 2. The third kappa shape index (κ3) is 4.16. The minimum absolute atomic E-state index is 0.204. The highest BCUT2D eigenvalue weighted by Gasteiger charge is 2.31. The van der Waals surface area contributed by atoms with E-state index in [9.17, 15) is 9.59 Å². The lowest BCUT2D eigenvalue weighted by atomic mass is 10.1. The van der Waals surface area contributed by atoms with Crippen molar-refractivity contribution < 1.29 is 9.59 Å². The van der Waals surface area contributed by atoms with E-state index in [2.05, 4.69) is 10.3 Å². The van der Waals surface area contributed by atoms with Crippen LogP contribution in [0.3, 0.4) is 0 Å². The molecule has 0 bridgehead atoms. The lowest BCUT2D eigenvalue weighted by molar-refractivity contribution is -0.135. The van der Waals surface area contributed by atoms with Crippen molar-refractivity contribution in [2.45, 2.75) is 60.4 Å². The van der Waals surface area contributed by atoms with Crippen LogP contribution in [0.15, 0.2) is 29.3 Å². The first-order valence-electron chi connectivity index (χ1n) is 9.05. The van der Waals surface area contributed by atoms with Gasteiger partial charge in [-0.2, -0.15) is 0 Å². The van der Waals surface area contributed by atoms with Crippen LogP contribution in [0.1, 0.15) is 59.1 Å². The average molecular weight is 343 g/mol. The number of imide groups is 1. The lowest BCUT2D eigenvalue weighted by Gasteiger charge is -2.24. The van der Waals surface area contributed by atoms with Gasteiger partial charge >= 0.3 is 0 Å². The maximum atomic E-state index is 12.2. The highest BCUT2D eigenvalue weighted by molar-refractivity contribution is 6.01. The van der Waals surface area contributed by atoms with Gasteiger partial charge in [0.1, 0.15) is 11.9 Å². The van der Waals surface area contributed by atoms with Crippen molar-refractivity contribution in [1.82, 2.24) is 9.88 Å². The van der Waals surface area contributed by atoms with E-state index in [0.717, 1.165) is 22.3 Å². The Morgan fingerprint density at radius 1 is 1.16 bits per heavy atom. The molecule has 1 aromatic carbocycles. The normalized spacial score (nSPS) is 16.8. The minimum atomic E-state index is -0.389. The molecular formula is C20H29N3O2. The van der Waals surface area contributed by atoms with Gasteiger partial charge in [-0.1, -0.05) is 45.9 Å². The van der Waals surface area contributed by atoms with Crippen molar-refractivity contribution in [1.29, 1.82) is 0 Å². The number of fused-ring (bicyclic) bond motifs is 1. The fourth-order valence-corrected chi connectivity index (χ4v) is 2.94. The van der Waals surface area contributed by atoms with Gasteiger partial charge in [-0.05, 0) is 26.3 Å². The summed E-state index contributed by atoms with van der Waals surface area (Å²) in [4.78, 5) is 28.0. The predicted octanol–water partition coefficient (Wildman–Crippen LogP) is 4.70. The maximum absolute atomic E-state index is 12.2. The fourth-order valence-electron chi connectivity index (χ4n) is 2.94. The van der Waals surface area contributed by atoms with E-state index in [-0.39, 0.29) is 17.9 Å². The molecule has 2 heterocycles. The van der Waals surface area contributed by atoms with Crippen LogP contribution in [0.25, 0.3) is 10.9 Å². The first kappa shape index (κ1) is 20.6. The third-order valence-corrected chi connectivity index (χ3v) is 3.90. The zero-order valence-corrected chi connectivity index (χ0v) is 16.1. The van der Waals surface area contributed by atoms with Crippen LogP contribution < -0.4 is 5.32 Å². The van der Waals surface area contributed by atoms with Gasteiger partial charge in [0.15, 0.2) is 0 Å². The zero-order valence-electron chi connectivity index (χ0n) is 16.1. The van der Waals surface area contributed by atoms with Gasteiger partial charge in [-0.25, -0.2) is 4.99 Å². The molecule has 2 amide bonds. The first-order valence-corrected chi connectivity index (χ1v) is 9.05. The van der Waals surface area contributed by atoms with Crippen LogP contribution in [-0.4, -0.2) is 22.6 Å². The Labute approximate surface area is 150 Å². The Bertz CT molecular complexity index is 760. The number of para-hydroxylation sites is 1. The number of carbonyl (C=O) groups excluding carboxylic acids is 2. The monoisotopic (exact) mass is 343 g/mol. The number of piperidine rings is 1. The van der Waals surface area contributed by atoms with E-state index < -0.39 is 0 Å². The standard InChI is InChI=1S/C16H17N3O2.2C2H6/c1-3-17-15-10(2)11-6-4-5-7-12(11)19(15)13-8-9-14(20)18-16(13)21;2*1-2/h3-7,13H,8-9H2,1-2H3,(H,18,20,21);2*1-2H3/b17-3-;;. The first-order chi connectivity index (χ1) is 12.1. The van der Waals surface area contributed by atoms with Gasteiger partial charge in [-0.3, -0.25) is 14.9 Å². The molecule has 5 heteroatoms. The van der Waals surface area contributed by atoms with Gasteiger partial charge in [-0.15, -0.1) is 0 Å². The Morgan fingerprint density at radius 2 is 1.80 bits per heavy atom.